The summed E-state index contributed by atoms with van der Waals surface area (Å²) < 4.78 is 5.47. The second-order valence-electron chi connectivity index (χ2n) is 5.78. The highest BCUT2D eigenvalue weighted by atomic mass is 16.5. The minimum atomic E-state index is -0.346. The molecule has 0 saturated carbocycles. The number of nitrogens with one attached hydrogen (secondary N) is 1. The molecule has 1 saturated heterocycles. The molecule has 0 bridgehead atoms. The van der Waals surface area contributed by atoms with Crippen LogP contribution in [0.3, 0.4) is 0 Å². The molecule has 0 aliphatic carbocycles. The largest absolute Gasteiger partial charge is 0.376 e. The number of rotatable bonds is 7. The first-order valence-electron chi connectivity index (χ1n) is 8.54. The Morgan fingerprint density at radius 2 is 2.08 bits per heavy atom. The molecule has 5 heteroatoms. The second-order valence-corrected chi connectivity index (χ2v) is 5.78. The van der Waals surface area contributed by atoms with Crippen molar-refractivity contribution < 1.29 is 9.53 Å². The first kappa shape index (κ1) is 18.0. The third-order valence-corrected chi connectivity index (χ3v) is 4.21. The maximum Gasteiger partial charge on any atom is 0.262 e. The van der Waals surface area contributed by atoms with Crippen molar-refractivity contribution in [3.8, 4) is 6.07 Å². The summed E-state index contributed by atoms with van der Waals surface area (Å²) in [4.78, 5) is 14.4. The Hall–Kier alpha value is -2.32. The minimum Gasteiger partial charge on any atom is -0.376 e. The molecule has 128 valence electrons. The maximum atomic E-state index is 12.1. The van der Waals surface area contributed by atoms with Crippen molar-refractivity contribution in [2.24, 2.45) is 0 Å². The molecule has 1 aliphatic rings. The van der Waals surface area contributed by atoms with Gasteiger partial charge in [0.15, 0.2) is 0 Å². The fourth-order valence-corrected chi connectivity index (χ4v) is 2.79. The molecule has 1 fully saturated rings. The highest BCUT2D eigenvalue weighted by Gasteiger charge is 2.17. The lowest BCUT2D eigenvalue weighted by atomic mass is 10.1. The molecular weight excluding hydrogens is 302 g/mol. The fourth-order valence-electron chi connectivity index (χ4n) is 2.79. The van der Waals surface area contributed by atoms with Crippen LogP contribution in [-0.2, 0) is 9.53 Å². The summed E-state index contributed by atoms with van der Waals surface area (Å²) in [6, 6.07) is 9.87. The van der Waals surface area contributed by atoms with Crippen LogP contribution in [0.25, 0.3) is 6.08 Å². The molecule has 1 unspecified atom stereocenters. The predicted octanol–water partition coefficient (Wildman–Crippen LogP) is 2.73. The monoisotopic (exact) mass is 327 g/mol. The summed E-state index contributed by atoms with van der Waals surface area (Å²) in [5.74, 6) is -0.346. The Labute approximate surface area is 143 Å². The van der Waals surface area contributed by atoms with Crippen molar-refractivity contribution in [3.63, 3.8) is 0 Å². The van der Waals surface area contributed by atoms with Crippen LogP contribution >= 0.6 is 0 Å². The van der Waals surface area contributed by atoms with Gasteiger partial charge in [-0.2, -0.15) is 5.26 Å². The Bertz CT molecular complexity index is 606. The van der Waals surface area contributed by atoms with E-state index in [4.69, 9.17) is 4.74 Å². The summed E-state index contributed by atoms with van der Waals surface area (Å²) in [5, 5.41) is 12.0. The van der Waals surface area contributed by atoms with Gasteiger partial charge in [-0.1, -0.05) is 12.1 Å². The second kappa shape index (κ2) is 9.09. The van der Waals surface area contributed by atoms with Crippen LogP contribution in [0.2, 0.25) is 0 Å². The van der Waals surface area contributed by atoms with E-state index in [0.29, 0.717) is 6.54 Å². The molecule has 1 aromatic carbocycles. The van der Waals surface area contributed by atoms with Gasteiger partial charge in [-0.3, -0.25) is 4.79 Å². The van der Waals surface area contributed by atoms with Gasteiger partial charge in [0.1, 0.15) is 11.6 Å². The van der Waals surface area contributed by atoms with Crippen molar-refractivity contribution in [3.05, 3.63) is 35.4 Å². The zero-order chi connectivity index (χ0) is 17.4. The number of carbonyl (C=O) groups excluding carboxylic acids is 1. The zero-order valence-electron chi connectivity index (χ0n) is 14.4. The lowest BCUT2D eigenvalue weighted by Crippen LogP contribution is -2.32. The molecule has 1 N–H and O–H groups in total. The number of hydrogen-bond donors (Lipinski definition) is 1. The van der Waals surface area contributed by atoms with E-state index in [1.807, 2.05) is 30.3 Å². The number of nitrogens with zero attached hydrogens (tertiary/aromatic N) is 2. The number of nitriles is 1. The van der Waals surface area contributed by atoms with Crippen molar-refractivity contribution in [2.75, 3.05) is 31.1 Å². The number of anilines is 1. The molecule has 2 rings (SSSR count). The van der Waals surface area contributed by atoms with Gasteiger partial charge < -0.3 is 15.0 Å². The van der Waals surface area contributed by atoms with E-state index in [1.54, 1.807) is 6.08 Å². The van der Waals surface area contributed by atoms with Crippen LogP contribution in [0, 0.1) is 11.3 Å². The molecule has 5 nitrogen and oxygen atoms in total. The number of carbonyl (C=O) groups is 1. The number of hydrogen-bond acceptors (Lipinski definition) is 4. The summed E-state index contributed by atoms with van der Waals surface area (Å²) in [6.07, 6.45) is 3.68. The van der Waals surface area contributed by atoms with E-state index in [2.05, 4.69) is 24.1 Å². The topological polar surface area (TPSA) is 65.4 Å². The Morgan fingerprint density at radius 1 is 1.38 bits per heavy atom. The Balaban J connectivity index is 2.00. The summed E-state index contributed by atoms with van der Waals surface area (Å²) in [7, 11) is 0. The van der Waals surface area contributed by atoms with Gasteiger partial charge in [0.2, 0.25) is 0 Å². The van der Waals surface area contributed by atoms with Gasteiger partial charge in [0.25, 0.3) is 5.91 Å². The third-order valence-electron chi connectivity index (χ3n) is 4.21. The Morgan fingerprint density at radius 3 is 2.62 bits per heavy atom. The Kier molecular flexibility index (Phi) is 6.83. The van der Waals surface area contributed by atoms with E-state index in [1.165, 1.54) is 0 Å². The van der Waals surface area contributed by atoms with E-state index in [-0.39, 0.29) is 17.6 Å². The smallest absolute Gasteiger partial charge is 0.262 e. The quantitative estimate of drug-likeness (QED) is 0.618. The highest BCUT2D eigenvalue weighted by Crippen LogP contribution is 2.17. The summed E-state index contributed by atoms with van der Waals surface area (Å²) >= 11 is 0. The molecule has 0 aromatic heterocycles. The van der Waals surface area contributed by atoms with Crippen molar-refractivity contribution in [1.29, 1.82) is 5.26 Å². The van der Waals surface area contributed by atoms with Crippen LogP contribution < -0.4 is 10.2 Å². The van der Waals surface area contributed by atoms with Gasteiger partial charge in [0, 0.05) is 31.9 Å². The average Bonchev–Trinajstić information content (AvgIpc) is 3.13. The van der Waals surface area contributed by atoms with E-state index >= 15 is 0 Å². The summed E-state index contributed by atoms with van der Waals surface area (Å²) in [6.45, 7) is 7.33. The van der Waals surface area contributed by atoms with Crippen molar-refractivity contribution in [2.45, 2.75) is 32.8 Å². The molecule has 0 spiro atoms. The first-order chi connectivity index (χ1) is 11.7. The normalized spacial score (nSPS) is 17.4. The fraction of sp³-hybridized carbons (Fsp3) is 0.474. The van der Waals surface area contributed by atoms with Gasteiger partial charge in [0.05, 0.1) is 6.10 Å². The van der Waals surface area contributed by atoms with E-state index < -0.39 is 0 Å². The van der Waals surface area contributed by atoms with Gasteiger partial charge in [-0.25, -0.2) is 0 Å². The number of amides is 1. The van der Waals surface area contributed by atoms with Crippen LogP contribution in [0.1, 0.15) is 32.3 Å². The van der Waals surface area contributed by atoms with Crippen LogP contribution in [0.5, 0.6) is 0 Å². The number of ether oxygens (including phenoxy) is 1. The standard InChI is InChI=1S/C19H25N3O2/c1-3-22(4-2)17-9-7-15(8-10-17)12-16(13-20)19(23)21-14-18-6-5-11-24-18/h7-10,12,18H,3-6,11,14H2,1-2H3,(H,21,23)/b16-12-. The molecule has 1 heterocycles. The highest BCUT2D eigenvalue weighted by molar-refractivity contribution is 6.01. The van der Waals surface area contributed by atoms with Crippen LogP contribution in [0.15, 0.2) is 29.8 Å². The van der Waals surface area contributed by atoms with Crippen molar-refractivity contribution in [1.82, 2.24) is 5.32 Å². The van der Waals surface area contributed by atoms with Gasteiger partial charge in [-0.05, 0) is 50.5 Å². The molecule has 1 amide bonds. The van der Waals surface area contributed by atoms with Crippen LogP contribution in [0.4, 0.5) is 5.69 Å². The van der Waals surface area contributed by atoms with Gasteiger partial charge >= 0.3 is 0 Å². The zero-order valence-corrected chi connectivity index (χ0v) is 14.4. The van der Waals surface area contributed by atoms with E-state index in [9.17, 15) is 10.1 Å². The van der Waals surface area contributed by atoms with Crippen LogP contribution in [-0.4, -0.2) is 38.3 Å². The third kappa shape index (κ3) is 4.84. The average molecular weight is 327 g/mol. The lowest BCUT2D eigenvalue weighted by molar-refractivity contribution is -0.117. The SMILES string of the molecule is CCN(CC)c1ccc(/C=C(/C#N)C(=O)NCC2CCCO2)cc1. The molecular formula is C19H25N3O2. The first-order valence-corrected chi connectivity index (χ1v) is 8.54. The predicted molar refractivity (Wildman–Crippen MR) is 95.6 cm³/mol. The number of benzene rings is 1. The summed E-state index contributed by atoms with van der Waals surface area (Å²) in [5.41, 5.74) is 2.09. The lowest BCUT2D eigenvalue weighted by Gasteiger charge is -2.20. The molecule has 0 radical (unpaired) electrons. The minimum absolute atomic E-state index is 0.0715. The van der Waals surface area contributed by atoms with E-state index in [0.717, 1.165) is 43.8 Å². The molecule has 24 heavy (non-hydrogen) atoms. The molecule has 1 atom stereocenters. The van der Waals surface area contributed by atoms with Gasteiger partial charge in [-0.15, -0.1) is 0 Å². The maximum absolute atomic E-state index is 12.1. The molecule has 1 aromatic rings. The molecule has 1 aliphatic heterocycles. The van der Waals surface area contributed by atoms with Crippen molar-refractivity contribution >= 4 is 17.7 Å².